The molecule has 2 heteroatoms. The standard InChI is InChI=1S/C45H89N2/c1-4-7-10-13-16-19-22-23-24-27-30-33-36-39-42-47-44-43-46(41-38-35-32-29-26-21-18-15-12-9-6-3)45(47)40-37-34-31-28-25-20-17-14-11-8-5-2/h43-44H,4-42H2,1-3H3/q+1. The van der Waals surface area contributed by atoms with Crippen molar-refractivity contribution in [2.24, 2.45) is 0 Å². The van der Waals surface area contributed by atoms with Crippen LogP contribution in [0.1, 0.15) is 258 Å². The van der Waals surface area contributed by atoms with Crippen LogP contribution in [-0.4, -0.2) is 4.57 Å². The highest BCUT2D eigenvalue weighted by molar-refractivity contribution is 4.84. The number of aromatic nitrogens is 2. The molecule has 0 saturated carbocycles. The van der Waals surface area contributed by atoms with E-state index in [0.29, 0.717) is 0 Å². The second-order valence-electron chi connectivity index (χ2n) is 15.5. The molecule has 0 bridgehead atoms. The van der Waals surface area contributed by atoms with Crippen molar-refractivity contribution in [1.82, 2.24) is 4.57 Å². The van der Waals surface area contributed by atoms with Crippen molar-refractivity contribution in [2.45, 2.75) is 271 Å². The summed E-state index contributed by atoms with van der Waals surface area (Å²) >= 11 is 0. The van der Waals surface area contributed by atoms with E-state index in [9.17, 15) is 0 Å². The van der Waals surface area contributed by atoms with Crippen LogP contribution in [-0.2, 0) is 19.5 Å². The first-order chi connectivity index (χ1) is 23.3. The molecule has 0 fully saturated rings. The van der Waals surface area contributed by atoms with Crippen molar-refractivity contribution < 1.29 is 4.57 Å². The molecular weight excluding hydrogens is 569 g/mol. The molecule has 0 unspecified atom stereocenters. The number of hydrogen-bond donors (Lipinski definition) is 0. The summed E-state index contributed by atoms with van der Waals surface area (Å²) in [6, 6.07) is 0. The Balaban J connectivity index is 2.28. The van der Waals surface area contributed by atoms with E-state index in [-0.39, 0.29) is 0 Å². The maximum atomic E-state index is 2.65. The first-order valence-electron chi connectivity index (χ1n) is 22.4. The Morgan fingerprint density at radius 3 is 1.02 bits per heavy atom. The Morgan fingerprint density at radius 1 is 0.362 bits per heavy atom. The van der Waals surface area contributed by atoms with Crippen LogP contribution < -0.4 is 4.57 Å². The molecular formula is C45H89N2+. The summed E-state index contributed by atoms with van der Waals surface area (Å²) in [5, 5.41) is 0. The number of nitrogens with zero attached hydrogens (tertiary/aromatic N) is 2. The van der Waals surface area contributed by atoms with Crippen LogP contribution in [0, 0.1) is 0 Å². The minimum absolute atomic E-state index is 1.23. The van der Waals surface area contributed by atoms with Gasteiger partial charge in [0.1, 0.15) is 12.4 Å². The van der Waals surface area contributed by atoms with Crippen molar-refractivity contribution in [3.63, 3.8) is 0 Å². The van der Waals surface area contributed by atoms with Gasteiger partial charge in [0.15, 0.2) is 0 Å². The van der Waals surface area contributed by atoms with Gasteiger partial charge in [-0.15, -0.1) is 0 Å². The van der Waals surface area contributed by atoms with Crippen LogP contribution in [0.3, 0.4) is 0 Å². The van der Waals surface area contributed by atoms with Crippen LogP contribution in [0.5, 0.6) is 0 Å². The molecule has 0 amide bonds. The lowest BCUT2D eigenvalue weighted by molar-refractivity contribution is -0.704. The van der Waals surface area contributed by atoms with Crippen molar-refractivity contribution in [3.8, 4) is 0 Å². The quantitative estimate of drug-likeness (QED) is 0.0492. The molecule has 47 heavy (non-hydrogen) atoms. The zero-order valence-corrected chi connectivity index (χ0v) is 33.1. The van der Waals surface area contributed by atoms with E-state index >= 15 is 0 Å². The second-order valence-corrected chi connectivity index (χ2v) is 15.5. The molecule has 1 rings (SSSR count). The Kier molecular flexibility index (Phi) is 34.3. The van der Waals surface area contributed by atoms with Crippen molar-refractivity contribution in [1.29, 1.82) is 0 Å². The molecule has 0 N–H and O–H groups in total. The van der Waals surface area contributed by atoms with Crippen molar-refractivity contribution >= 4 is 0 Å². The fourth-order valence-corrected chi connectivity index (χ4v) is 7.56. The summed E-state index contributed by atoms with van der Waals surface area (Å²) in [4.78, 5) is 0. The van der Waals surface area contributed by atoms with Gasteiger partial charge in [-0.05, 0) is 32.1 Å². The topological polar surface area (TPSA) is 8.81 Å². The highest BCUT2D eigenvalue weighted by Crippen LogP contribution is 2.16. The zero-order chi connectivity index (χ0) is 33.7. The molecule has 0 spiro atoms. The van der Waals surface area contributed by atoms with Gasteiger partial charge in [-0.25, -0.2) is 9.13 Å². The summed E-state index contributed by atoms with van der Waals surface area (Å²) in [7, 11) is 0. The average molecular weight is 658 g/mol. The SMILES string of the molecule is CCCCCCCCCCCCCCCCn1cc[n+](CCCCCCCCCCCCC)c1CCCCCCCCCCCCC. The van der Waals surface area contributed by atoms with E-state index in [4.69, 9.17) is 0 Å². The molecule has 0 atom stereocenters. The van der Waals surface area contributed by atoms with E-state index in [0.717, 1.165) is 0 Å². The first kappa shape index (κ1) is 44.2. The largest absolute Gasteiger partial charge is 0.256 e. The molecule has 0 aromatic carbocycles. The number of imidazole rings is 1. The van der Waals surface area contributed by atoms with Gasteiger partial charge in [0.05, 0.1) is 13.1 Å². The molecule has 0 aliphatic heterocycles. The van der Waals surface area contributed by atoms with Crippen LogP contribution in [0.4, 0.5) is 0 Å². The van der Waals surface area contributed by atoms with Crippen LogP contribution in [0.15, 0.2) is 12.4 Å². The number of unbranched alkanes of at least 4 members (excludes halogenated alkanes) is 33. The molecule has 1 heterocycles. The Hall–Kier alpha value is -0.790. The average Bonchev–Trinajstić information content (AvgIpc) is 3.47. The smallest absolute Gasteiger partial charge is 0.234 e. The number of aryl methyl sites for hydroxylation is 2. The highest BCUT2D eigenvalue weighted by Gasteiger charge is 2.16. The Labute approximate surface area is 298 Å². The number of rotatable bonds is 39. The Morgan fingerprint density at radius 2 is 0.660 bits per heavy atom. The monoisotopic (exact) mass is 658 g/mol. The normalized spacial score (nSPS) is 11.6. The summed E-state index contributed by atoms with van der Waals surface area (Å²) in [6.45, 7) is 9.41. The Bertz CT molecular complexity index is 722. The van der Waals surface area contributed by atoms with Gasteiger partial charge in [-0.2, -0.15) is 0 Å². The lowest BCUT2D eigenvalue weighted by atomic mass is 10.0. The molecule has 0 aliphatic carbocycles. The summed E-state index contributed by atoms with van der Waals surface area (Å²) in [5.41, 5.74) is 0. The van der Waals surface area contributed by atoms with E-state index in [1.54, 1.807) is 5.82 Å². The molecule has 2 nitrogen and oxygen atoms in total. The van der Waals surface area contributed by atoms with Gasteiger partial charge >= 0.3 is 0 Å². The van der Waals surface area contributed by atoms with Gasteiger partial charge in [-0.1, -0.05) is 220 Å². The van der Waals surface area contributed by atoms with Crippen LogP contribution in [0.2, 0.25) is 0 Å². The maximum absolute atomic E-state index is 2.65. The van der Waals surface area contributed by atoms with Crippen molar-refractivity contribution in [3.05, 3.63) is 18.2 Å². The molecule has 0 aliphatic rings. The lowest BCUT2D eigenvalue weighted by Gasteiger charge is -2.07. The van der Waals surface area contributed by atoms with E-state index in [1.807, 2.05) is 0 Å². The van der Waals surface area contributed by atoms with Gasteiger partial charge < -0.3 is 0 Å². The predicted octanol–water partition coefficient (Wildman–Crippen LogP) is 15.4. The lowest BCUT2D eigenvalue weighted by Crippen LogP contribution is -2.37. The van der Waals surface area contributed by atoms with Gasteiger partial charge in [-0.3, -0.25) is 0 Å². The molecule has 1 aromatic rings. The minimum atomic E-state index is 1.23. The molecule has 278 valence electrons. The third-order valence-corrected chi connectivity index (χ3v) is 10.8. The van der Waals surface area contributed by atoms with Gasteiger partial charge in [0.2, 0.25) is 0 Å². The minimum Gasteiger partial charge on any atom is -0.234 e. The van der Waals surface area contributed by atoms with Crippen molar-refractivity contribution in [2.75, 3.05) is 0 Å². The maximum Gasteiger partial charge on any atom is 0.256 e. The highest BCUT2D eigenvalue weighted by atomic mass is 15.1. The first-order valence-corrected chi connectivity index (χ1v) is 22.4. The van der Waals surface area contributed by atoms with E-state index in [2.05, 4.69) is 42.3 Å². The number of hydrogen-bond acceptors (Lipinski definition) is 0. The summed E-state index contributed by atoms with van der Waals surface area (Å²) in [5.74, 6) is 1.63. The van der Waals surface area contributed by atoms with Gasteiger partial charge in [0, 0.05) is 6.42 Å². The predicted molar refractivity (Wildman–Crippen MR) is 212 cm³/mol. The van der Waals surface area contributed by atoms with E-state index < -0.39 is 0 Å². The third-order valence-electron chi connectivity index (χ3n) is 10.8. The second kappa shape index (κ2) is 36.5. The fourth-order valence-electron chi connectivity index (χ4n) is 7.56. The molecule has 0 saturated heterocycles. The molecule has 1 aromatic heterocycles. The van der Waals surface area contributed by atoms with E-state index in [1.165, 1.54) is 251 Å². The molecule has 0 radical (unpaired) electrons. The summed E-state index contributed by atoms with van der Waals surface area (Å²) in [6.07, 6.45) is 57.8. The zero-order valence-electron chi connectivity index (χ0n) is 33.1. The fraction of sp³-hybridized carbons (Fsp3) is 0.933. The van der Waals surface area contributed by atoms with Crippen LogP contribution in [0.25, 0.3) is 0 Å². The third kappa shape index (κ3) is 28.7. The van der Waals surface area contributed by atoms with Gasteiger partial charge in [0.25, 0.3) is 5.82 Å². The summed E-state index contributed by atoms with van der Waals surface area (Å²) < 4.78 is 5.29. The van der Waals surface area contributed by atoms with Crippen LogP contribution >= 0.6 is 0 Å².